The molecule has 0 saturated heterocycles. The fourth-order valence-corrected chi connectivity index (χ4v) is 4.34. The number of rotatable bonds is 8. The molecule has 0 aliphatic heterocycles. The number of hydrogen-bond donors (Lipinski definition) is 1. The summed E-state index contributed by atoms with van der Waals surface area (Å²) < 4.78 is 80.1. The summed E-state index contributed by atoms with van der Waals surface area (Å²) >= 11 is 0. The maximum absolute atomic E-state index is 13.4. The molecule has 4 rings (SSSR count). The number of fused-ring (bicyclic) bond motifs is 1. The molecule has 0 radical (unpaired) electrons. The van der Waals surface area contributed by atoms with Gasteiger partial charge in [0.05, 0.1) is 11.1 Å². The van der Waals surface area contributed by atoms with Crippen LogP contribution in [0.5, 0.6) is 0 Å². The minimum Gasteiger partial charge on any atom is -0.353 e. The Labute approximate surface area is 215 Å². The van der Waals surface area contributed by atoms with Crippen LogP contribution in [-0.2, 0) is 23.6 Å². The molecule has 1 aliphatic rings. The van der Waals surface area contributed by atoms with Crippen molar-refractivity contribution in [1.82, 2.24) is 10.2 Å². The third kappa shape index (κ3) is 6.85. The summed E-state index contributed by atoms with van der Waals surface area (Å²) in [6.45, 7) is 0. The van der Waals surface area contributed by atoms with Crippen LogP contribution in [0.4, 0.5) is 26.3 Å². The zero-order valence-electron chi connectivity index (χ0n) is 20.5. The number of amides is 2. The van der Waals surface area contributed by atoms with Gasteiger partial charge in [0.1, 0.15) is 0 Å². The predicted molar refractivity (Wildman–Crippen MR) is 130 cm³/mol. The Kier molecular flexibility index (Phi) is 7.71. The Morgan fingerprint density at radius 3 is 2.08 bits per heavy atom. The van der Waals surface area contributed by atoms with Crippen molar-refractivity contribution in [3.63, 3.8) is 0 Å². The van der Waals surface area contributed by atoms with E-state index in [0.29, 0.717) is 12.1 Å². The first-order chi connectivity index (χ1) is 17.8. The van der Waals surface area contributed by atoms with E-state index in [2.05, 4.69) is 5.32 Å². The minimum absolute atomic E-state index is 0.00838. The van der Waals surface area contributed by atoms with Gasteiger partial charge in [-0.25, -0.2) is 0 Å². The minimum atomic E-state index is -5.07. The van der Waals surface area contributed by atoms with Crippen LogP contribution in [-0.4, -0.2) is 35.8 Å². The molecular formula is C28H26F6N2O2. The number of nitrogens with zero attached hydrogens (tertiary/aromatic N) is 1. The van der Waals surface area contributed by atoms with E-state index in [9.17, 15) is 35.9 Å². The Balaban J connectivity index is 1.63. The van der Waals surface area contributed by atoms with Crippen molar-refractivity contribution >= 4 is 22.6 Å². The van der Waals surface area contributed by atoms with Crippen molar-refractivity contribution in [2.45, 2.75) is 56.5 Å². The largest absolute Gasteiger partial charge is 0.416 e. The van der Waals surface area contributed by atoms with Gasteiger partial charge in [-0.15, -0.1) is 0 Å². The average molecular weight is 537 g/mol. The number of nitrogens with one attached hydrogen (secondary N) is 1. The lowest BCUT2D eigenvalue weighted by molar-refractivity contribution is -0.143. The SMILES string of the molecule is CN(C(=O)c1cc(C(F)(F)F)cc(C(F)(F)F)c1)C(CCC(=O)NC1CC1)Cc1ccc2ccccc2c1. The molecule has 3 aromatic carbocycles. The molecule has 1 N–H and O–H groups in total. The summed E-state index contributed by atoms with van der Waals surface area (Å²) in [6, 6.07) is 13.6. The lowest BCUT2D eigenvalue weighted by Gasteiger charge is -2.29. The van der Waals surface area contributed by atoms with Gasteiger partial charge in [-0.2, -0.15) is 26.3 Å². The highest BCUT2D eigenvalue weighted by Crippen LogP contribution is 2.36. The second kappa shape index (κ2) is 10.7. The number of carbonyl (C=O) groups excluding carboxylic acids is 2. The molecule has 1 fully saturated rings. The average Bonchev–Trinajstić information content (AvgIpc) is 3.68. The molecule has 1 atom stereocenters. The Morgan fingerprint density at radius 2 is 1.50 bits per heavy atom. The third-order valence-corrected chi connectivity index (χ3v) is 6.63. The number of benzene rings is 3. The molecule has 0 heterocycles. The molecular weight excluding hydrogens is 510 g/mol. The fourth-order valence-electron chi connectivity index (χ4n) is 4.34. The van der Waals surface area contributed by atoms with Crippen LogP contribution in [0.25, 0.3) is 10.8 Å². The first kappa shape index (κ1) is 27.5. The fraction of sp³-hybridized carbons (Fsp3) is 0.357. The molecule has 1 aliphatic carbocycles. The van der Waals surface area contributed by atoms with Crippen LogP contribution in [0.1, 0.15) is 52.7 Å². The van der Waals surface area contributed by atoms with Gasteiger partial charge < -0.3 is 10.2 Å². The van der Waals surface area contributed by atoms with E-state index in [1.165, 1.54) is 7.05 Å². The summed E-state index contributed by atoms with van der Waals surface area (Å²) in [5.74, 6) is -1.20. The van der Waals surface area contributed by atoms with E-state index in [1.54, 1.807) is 0 Å². The maximum atomic E-state index is 13.4. The van der Waals surface area contributed by atoms with Gasteiger partial charge >= 0.3 is 12.4 Å². The lowest BCUT2D eigenvalue weighted by atomic mass is 9.97. The van der Waals surface area contributed by atoms with Gasteiger partial charge in [-0.05, 0) is 60.2 Å². The van der Waals surface area contributed by atoms with Crippen LogP contribution in [0.2, 0.25) is 0 Å². The van der Waals surface area contributed by atoms with E-state index in [4.69, 9.17) is 0 Å². The van der Waals surface area contributed by atoms with E-state index < -0.39 is 41.0 Å². The number of halogens is 6. The topological polar surface area (TPSA) is 49.4 Å². The van der Waals surface area contributed by atoms with E-state index in [0.717, 1.165) is 34.1 Å². The number of carbonyl (C=O) groups is 2. The van der Waals surface area contributed by atoms with Crippen LogP contribution >= 0.6 is 0 Å². The molecule has 202 valence electrons. The van der Waals surface area contributed by atoms with Crippen molar-refractivity contribution in [2.75, 3.05) is 7.05 Å². The van der Waals surface area contributed by atoms with Gasteiger partial charge in [-0.3, -0.25) is 9.59 Å². The Morgan fingerprint density at radius 1 is 0.895 bits per heavy atom. The molecule has 1 unspecified atom stereocenters. The van der Waals surface area contributed by atoms with Crippen molar-refractivity contribution in [1.29, 1.82) is 0 Å². The summed E-state index contributed by atoms with van der Waals surface area (Å²) in [5, 5.41) is 4.78. The molecule has 1 saturated carbocycles. The zero-order valence-corrected chi connectivity index (χ0v) is 20.5. The molecule has 10 heteroatoms. The maximum Gasteiger partial charge on any atom is 0.416 e. The van der Waals surface area contributed by atoms with Gasteiger partial charge in [0.25, 0.3) is 5.91 Å². The van der Waals surface area contributed by atoms with Crippen molar-refractivity contribution in [3.05, 3.63) is 82.9 Å². The molecule has 3 aromatic rings. The summed E-state index contributed by atoms with van der Waals surface area (Å²) in [7, 11) is 1.33. The van der Waals surface area contributed by atoms with Crippen LogP contribution in [0, 0.1) is 0 Å². The second-order valence-electron chi connectivity index (χ2n) is 9.63. The van der Waals surface area contributed by atoms with Crippen molar-refractivity contribution in [2.24, 2.45) is 0 Å². The summed E-state index contributed by atoms with van der Waals surface area (Å²) in [5.41, 5.74) is -3.02. The zero-order chi connectivity index (χ0) is 27.7. The van der Waals surface area contributed by atoms with Crippen LogP contribution in [0.15, 0.2) is 60.7 Å². The van der Waals surface area contributed by atoms with Crippen LogP contribution < -0.4 is 5.32 Å². The molecule has 0 spiro atoms. The summed E-state index contributed by atoms with van der Waals surface area (Å²) in [6.07, 6.45) is -7.86. The van der Waals surface area contributed by atoms with Crippen LogP contribution in [0.3, 0.4) is 0 Å². The molecule has 0 bridgehead atoms. The van der Waals surface area contributed by atoms with E-state index in [-0.39, 0.29) is 37.3 Å². The number of alkyl halides is 6. The molecule has 4 nitrogen and oxygen atoms in total. The highest BCUT2D eigenvalue weighted by Gasteiger charge is 2.38. The van der Waals surface area contributed by atoms with E-state index >= 15 is 0 Å². The Bertz CT molecular complexity index is 1300. The normalized spacial score (nSPS) is 14.8. The van der Waals surface area contributed by atoms with Gasteiger partial charge in [0, 0.05) is 31.1 Å². The van der Waals surface area contributed by atoms with Crippen molar-refractivity contribution in [3.8, 4) is 0 Å². The highest BCUT2D eigenvalue weighted by molar-refractivity contribution is 5.95. The molecule has 38 heavy (non-hydrogen) atoms. The number of hydrogen-bond acceptors (Lipinski definition) is 2. The third-order valence-electron chi connectivity index (χ3n) is 6.63. The second-order valence-corrected chi connectivity index (χ2v) is 9.63. The van der Waals surface area contributed by atoms with Gasteiger partial charge in [0.2, 0.25) is 5.91 Å². The number of likely N-dealkylation sites (N-methyl/N-ethyl adjacent to an activating group) is 1. The summed E-state index contributed by atoms with van der Waals surface area (Å²) in [4.78, 5) is 26.7. The van der Waals surface area contributed by atoms with E-state index in [1.807, 2.05) is 42.5 Å². The Hall–Kier alpha value is -3.56. The first-order valence-corrected chi connectivity index (χ1v) is 12.1. The molecule has 0 aromatic heterocycles. The quantitative estimate of drug-likeness (QED) is 0.329. The lowest BCUT2D eigenvalue weighted by Crippen LogP contribution is -2.40. The molecule has 2 amide bonds. The van der Waals surface area contributed by atoms with Crippen molar-refractivity contribution < 1.29 is 35.9 Å². The standard InChI is InChI=1S/C28H26F6N2O2/c1-36(26(38)20-14-21(27(29,30)31)16-22(15-20)28(32,33)34)24(10-11-25(37)35-23-8-9-23)13-17-6-7-18-4-2-3-5-19(18)12-17/h2-7,12,14-16,23-24H,8-11,13H2,1H3,(H,35,37). The highest BCUT2D eigenvalue weighted by atomic mass is 19.4. The first-order valence-electron chi connectivity index (χ1n) is 12.1. The smallest absolute Gasteiger partial charge is 0.353 e. The monoisotopic (exact) mass is 536 g/mol. The predicted octanol–water partition coefficient (Wildman–Crippen LogP) is 6.62. The van der Waals surface area contributed by atoms with Gasteiger partial charge in [0.15, 0.2) is 0 Å². The van der Waals surface area contributed by atoms with Gasteiger partial charge in [-0.1, -0.05) is 42.5 Å².